The molecule has 1 aromatic rings. The van der Waals surface area contributed by atoms with Crippen LogP contribution in [0, 0.1) is 5.92 Å². The molecule has 2 N–H and O–H groups in total. The van der Waals surface area contributed by atoms with E-state index in [1.165, 1.54) is 12.1 Å². The molecule has 23 heavy (non-hydrogen) atoms. The maximum absolute atomic E-state index is 12.5. The lowest BCUT2D eigenvalue weighted by Gasteiger charge is -2.18. The first-order chi connectivity index (χ1) is 11.0. The first-order valence-electron chi connectivity index (χ1n) is 7.43. The van der Waals surface area contributed by atoms with Gasteiger partial charge in [0.15, 0.2) is 11.0 Å². The van der Waals surface area contributed by atoms with Crippen LogP contribution in [0.15, 0.2) is 39.3 Å². The number of carbonyl (C=O) groups is 1. The fourth-order valence-electron chi connectivity index (χ4n) is 2.07. The van der Waals surface area contributed by atoms with Crippen LogP contribution in [0.4, 0.5) is 0 Å². The van der Waals surface area contributed by atoms with Gasteiger partial charge in [-0.3, -0.25) is 9.71 Å². The molecule has 1 aliphatic rings. The Labute approximate surface area is 137 Å². The molecule has 0 spiro atoms. The van der Waals surface area contributed by atoms with E-state index in [4.69, 9.17) is 5.11 Å². The highest BCUT2D eigenvalue weighted by atomic mass is 32.2. The van der Waals surface area contributed by atoms with Crippen LogP contribution in [0.25, 0.3) is 0 Å². The van der Waals surface area contributed by atoms with E-state index >= 15 is 0 Å². The van der Waals surface area contributed by atoms with Crippen LogP contribution in [-0.4, -0.2) is 45.6 Å². The van der Waals surface area contributed by atoms with Gasteiger partial charge < -0.3 is 5.11 Å². The molecule has 0 fully saturated rings. The highest BCUT2D eigenvalue weighted by Gasteiger charge is 2.22. The highest BCUT2D eigenvalue weighted by Crippen LogP contribution is 2.13. The lowest BCUT2D eigenvalue weighted by atomic mass is 10.1. The fourth-order valence-corrected chi connectivity index (χ4v) is 2.96. The van der Waals surface area contributed by atoms with E-state index < -0.39 is 17.0 Å². The maximum atomic E-state index is 12.5. The number of benzene rings is 1. The van der Waals surface area contributed by atoms with Gasteiger partial charge >= 0.3 is 5.97 Å². The Bertz CT molecular complexity index is 660. The van der Waals surface area contributed by atoms with E-state index in [9.17, 15) is 9.00 Å². The molecule has 7 nitrogen and oxygen atoms in total. The van der Waals surface area contributed by atoms with Crippen LogP contribution in [0.2, 0.25) is 0 Å². The van der Waals surface area contributed by atoms with Crippen LogP contribution >= 0.6 is 0 Å². The molecule has 1 aliphatic heterocycles. The predicted octanol–water partition coefficient (Wildman–Crippen LogP) is 1.70. The molecule has 1 heterocycles. The van der Waals surface area contributed by atoms with Gasteiger partial charge in [0.1, 0.15) is 0 Å². The second kappa shape index (κ2) is 7.87. The predicted molar refractivity (Wildman–Crippen MR) is 89.9 cm³/mol. The van der Waals surface area contributed by atoms with Gasteiger partial charge in [-0.25, -0.2) is 14.0 Å². The number of carboxylic acid groups (broad SMARTS) is 1. The number of nitrogens with one attached hydrogen (secondary N) is 1. The van der Waals surface area contributed by atoms with Crippen molar-refractivity contribution < 1.29 is 14.1 Å². The van der Waals surface area contributed by atoms with Crippen molar-refractivity contribution in [1.29, 1.82) is 0 Å². The minimum atomic E-state index is -1.61. The summed E-state index contributed by atoms with van der Waals surface area (Å²) in [7, 11) is -1.61. The molecule has 0 saturated carbocycles. The number of hydrazone groups is 1. The first-order valence-corrected chi connectivity index (χ1v) is 8.58. The topological polar surface area (TPSA) is 94.4 Å². The Hall–Kier alpha value is -2.22. The Balaban J connectivity index is 2.13. The molecule has 1 aromatic carbocycles. The normalized spacial score (nSPS) is 19.0. The zero-order valence-corrected chi connectivity index (χ0v) is 13.9. The molecule has 2 unspecified atom stereocenters. The minimum Gasteiger partial charge on any atom is -0.478 e. The summed E-state index contributed by atoms with van der Waals surface area (Å²) in [5, 5.41) is 15.0. The molecule has 2 atom stereocenters. The van der Waals surface area contributed by atoms with Gasteiger partial charge in [0.05, 0.1) is 17.0 Å². The summed E-state index contributed by atoms with van der Waals surface area (Å²) in [6.07, 6.45) is 2.84. The number of carboxylic acids is 1. The summed E-state index contributed by atoms with van der Waals surface area (Å²) in [5.41, 5.74) is 0.0943. The van der Waals surface area contributed by atoms with Crippen molar-refractivity contribution in [2.45, 2.75) is 25.2 Å². The molecule has 0 saturated heterocycles. The SMILES string of the molecule is CCN=C(NS(=O)c1cccc(C(=O)O)c1)N1CC(CC)C=N1. The summed E-state index contributed by atoms with van der Waals surface area (Å²) < 4.78 is 15.3. The van der Waals surface area contributed by atoms with Crippen molar-refractivity contribution in [3.63, 3.8) is 0 Å². The van der Waals surface area contributed by atoms with Crippen LogP contribution in [0.3, 0.4) is 0 Å². The van der Waals surface area contributed by atoms with Gasteiger partial charge in [-0.1, -0.05) is 13.0 Å². The smallest absolute Gasteiger partial charge is 0.335 e. The van der Waals surface area contributed by atoms with E-state index in [2.05, 4.69) is 21.7 Å². The second-order valence-electron chi connectivity index (χ2n) is 5.02. The molecular formula is C15H20N4O3S. The Morgan fingerprint density at radius 2 is 2.30 bits per heavy atom. The Kier molecular flexibility index (Phi) is 5.86. The number of aliphatic imine (C=N–C) groups is 1. The highest BCUT2D eigenvalue weighted by molar-refractivity contribution is 7.83. The summed E-state index contributed by atoms with van der Waals surface area (Å²) >= 11 is 0. The van der Waals surface area contributed by atoms with Crippen molar-refractivity contribution in [2.75, 3.05) is 13.1 Å². The van der Waals surface area contributed by atoms with Gasteiger partial charge in [0.25, 0.3) is 0 Å². The van der Waals surface area contributed by atoms with Crippen LogP contribution in [0.1, 0.15) is 30.6 Å². The maximum Gasteiger partial charge on any atom is 0.335 e. The number of guanidine groups is 1. The molecule has 0 aliphatic carbocycles. The van der Waals surface area contributed by atoms with E-state index in [-0.39, 0.29) is 5.56 Å². The van der Waals surface area contributed by atoms with E-state index in [0.717, 1.165) is 6.42 Å². The molecule has 0 bridgehead atoms. The summed E-state index contributed by atoms with van der Waals surface area (Å²) in [6, 6.07) is 6.02. The third kappa shape index (κ3) is 4.38. The quantitative estimate of drug-likeness (QED) is 0.632. The van der Waals surface area contributed by atoms with Crippen LogP contribution in [0.5, 0.6) is 0 Å². The second-order valence-corrected chi connectivity index (χ2v) is 6.23. The molecule has 2 rings (SSSR count). The summed E-state index contributed by atoms with van der Waals surface area (Å²) in [6.45, 7) is 5.18. The van der Waals surface area contributed by atoms with Gasteiger partial charge in [-0.05, 0) is 31.5 Å². The van der Waals surface area contributed by atoms with Gasteiger partial charge in [-0.2, -0.15) is 5.10 Å². The number of hydrogen-bond acceptors (Lipinski definition) is 4. The van der Waals surface area contributed by atoms with E-state index in [0.29, 0.717) is 29.9 Å². The molecule has 0 radical (unpaired) electrons. The third-order valence-corrected chi connectivity index (χ3v) is 4.43. The number of nitrogens with zero attached hydrogens (tertiary/aromatic N) is 3. The zero-order valence-electron chi connectivity index (χ0n) is 13.1. The molecule has 8 heteroatoms. The zero-order chi connectivity index (χ0) is 16.8. The first kappa shape index (κ1) is 17.1. The standard InChI is InChI=1S/C15H20N4O3S/c1-3-11-9-17-19(10-11)15(16-4-2)18-23(22)13-7-5-6-12(8-13)14(20)21/h5-9,11H,3-4,10H2,1-2H3,(H,16,18)(H,20,21). The van der Waals surface area contributed by atoms with Crippen LogP contribution < -0.4 is 4.72 Å². The molecule has 124 valence electrons. The van der Waals surface area contributed by atoms with Gasteiger partial charge in [0.2, 0.25) is 5.96 Å². The summed E-state index contributed by atoms with van der Waals surface area (Å²) in [5.74, 6) is -0.275. The molecule has 0 aromatic heterocycles. The van der Waals surface area contributed by atoms with Crippen molar-refractivity contribution in [2.24, 2.45) is 16.0 Å². The van der Waals surface area contributed by atoms with E-state index in [1.54, 1.807) is 17.1 Å². The van der Waals surface area contributed by atoms with Crippen molar-refractivity contribution in [1.82, 2.24) is 9.73 Å². The summed E-state index contributed by atoms with van der Waals surface area (Å²) in [4.78, 5) is 15.7. The van der Waals surface area contributed by atoms with Gasteiger partial charge in [0, 0.05) is 18.7 Å². The average molecular weight is 336 g/mol. The number of rotatable bonds is 5. The minimum absolute atomic E-state index is 0.0943. The van der Waals surface area contributed by atoms with Crippen molar-refractivity contribution in [3.8, 4) is 0 Å². The average Bonchev–Trinajstić information content (AvgIpc) is 3.03. The molecule has 0 amide bonds. The number of hydrogen-bond donors (Lipinski definition) is 2. The monoisotopic (exact) mass is 336 g/mol. The van der Waals surface area contributed by atoms with Crippen molar-refractivity contribution >= 4 is 29.1 Å². The third-order valence-electron chi connectivity index (χ3n) is 3.38. The van der Waals surface area contributed by atoms with Gasteiger partial charge in [-0.15, -0.1) is 0 Å². The lowest BCUT2D eigenvalue weighted by molar-refractivity contribution is 0.0696. The lowest BCUT2D eigenvalue weighted by Crippen LogP contribution is -2.39. The van der Waals surface area contributed by atoms with Crippen molar-refractivity contribution in [3.05, 3.63) is 29.8 Å². The largest absolute Gasteiger partial charge is 0.478 e. The molecular weight excluding hydrogens is 316 g/mol. The van der Waals surface area contributed by atoms with Crippen LogP contribution in [-0.2, 0) is 11.0 Å². The Morgan fingerprint density at radius 1 is 1.52 bits per heavy atom. The Morgan fingerprint density at radius 3 is 2.91 bits per heavy atom. The number of aromatic carboxylic acids is 1. The van der Waals surface area contributed by atoms with E-state index in [1.807, 2.05) is 13.1 Å². The fraction of sp³-hybridized carbons (Fsp3) is 0.400.